The summed E-state index contributed by atoms with van der Waals surface area (Å²) in [6.07, 6.45) is 4.83. The van der Waals surface area contributed by atoms with E-state index in [0.717, 1.165) is 23.5 Å². The van der Waals surface area contributed by atoms with Gasteiger partial charge in [0.25, 0.3) is 8.32 Å². The van der Waals surface area contributed by atoms with Gasteiger partial charge in [0.2, 0.25) is 0 Å². The van der Waals surface area contributed by atoms with Crippen molar-refractivity contribution in [2.75, 3.05) is 13.7 Å². The maximum absolute atomic E-state index is 7.13. The van der Waals surface area contributed by atoms with Crippen LogP contribution in [0.4, 0.5) is 0 Å². The average Bonchev–Trinajstić information content (AvgIpc) is 2.95. The molecule has 0 radical (unpaired) electrons. The van der Waals surface area contributed by atoms with E-state index in [0.29, 0.717) is 6.61 Å². The third-order valence-electron chi connectivity index (χ3n) is 6.79. The molecule has 4 aromatic carbocycles. The Morgan fingerprint density at radius 3 is 1.68 bits per heavy atom. The van der Waals surface area contributed by atoms with E-state index >= 15 is 0 Å². The van der Waals surface area contributed by atoms with Crippen LogP contribution in [-0.2, 0) is 4.43 Å². The van der Waals surface area contributed by atoms with Gasteiger partial charge in [-0.1, -0.05) is 118 Å². The molecule has 0 fully saturated rings. The lowest BCUT2D eigenvalue weighted by molar-refractivity contribution is 0.193. The zero-order valence-electron chi connectivity index (χ0n) is 22.8. The molecule has 0 aliphatic heterocycles. The van der Waals surface area contributed by atoms with Gasteiger partial charge >= 0.3 is 0 Å². The molecular weight excluding hydrogens is 484 g/mol. The van der Waals surface area contributed by atoms with Crippen LogP contribution in [0.1, 0.15) is 32.8 Å². The van der Waals surface area contributed by atoms with Crippen molar-refractivity contribution < 1.29 is 13.9 Å². The number of methoxy groups -OCH3 is 1. The molecule has 4 heteroatoms. The fourth-order valence-corrected chi connectivity index (χ4v) is 9.48. The molecular formula is C34H38O3Si. The van der Waals surface area contributed by atoms with Gasteiger partial charge in [-0.15, -0.1) is 0 Å². The smallest absolute Gasteiger partial charge is 0.261 e. The summed E-state index contributed by atoms with van der Waals surface area (Å²) in [5, 5.41) is 2.50. The molecule has 0 heterocycles. The van der Waals surface area contributed by atoms with Crippen molar-refractivity contribution in [3.8, 4) is 11.5 Å². The van der Waals surface area contributed by atoms with Gasteiger partial charge < -0.3 is 13.9 Å². The van der Waals surface area contributed by atoms with E-state index in [1.54, 1.807) is 7.11 Å². The second kappa shape index (κ2) is 12.8. The Labute approximate surface area is 228 Å². The van der Waals surface area contributed by atoms with Crippen LogP contribution in [0.3, 0.4) is 0 Å². The maximum atomic E-state index is 7.13. The summed E-state index contributed by atoms with van der Waals surface area (Å²) < 4.78 is 18.9. The summed E-state index contributed by atoms with van der Waals surface area (Å²) in [6, 6.07) is 39.6. The number of benzene rings is 4. The minimum Gasteiger partial charge on any atom is -0.497 e. The summed E-state index contributed by atoms with van der Waals surface area (Å²) in [6.45, 7) is 7.49. The lowest BCUT2D eigenvalue weighted by Crippen LogP contribution is -2.66. The molecule has 0 amide bonds. The third kappa shape index (κ3) is 6.63. The van der Waals surface area contributed by atoms with E-state index in [4.69, 9.17) is 13.9 Å². The normalized spacial score (nSPS) is 12.8. The van der Waals surface area contributed by atoms with Crippen LogP contribution in [0.15, 0.2) is 121 Å². The first-order chi connectivity index (χ1) is 18.4. The quantitative estimate of drug-likeness (QED) is 0.196. The Morgan fingerprint density at radius 1 is 0.684 bits per heavy atom. The van der Waals surface area contributed by atoms with Gasteiger partial charge in [-0.05, 0) is 51.3 Å². The second-order valence-electron chi connectivity index (χ2n) is 10.4. The summed E-state index contributed by atoms with van der Waals surface area (Å²) in [5.74, 6) is 1.61. The van der Waals surface area contributed by atoms with Gasteiger partial charge in [-0.25, -0.2) is 0 Å². The number of ether oxygens (including phenoxy) is 2. The van der Waals surface area contributed by atoms with Crippen LogP contribution in [-0.4, -0.2) is 28.1 Å². The molecule has 4 rings (SSSR count). The zero-order chi connectivity index (χ0) is 26.8. The highest BCUT2D eigenvalue weighted by atomic mass is 28.4. The van der Waals surface area contributed by atoms with Crippen LogP contribution in [0.2, 0.25) is 5.04 Å². The molecule has 38 heavy (non-hydrogen) atoms. The highest BCUT2D eigenvalue weighted by molar-refractivity contribution is 6.99. The van der Waals surface area contributed by atoms with Crippen LogP contribution >= 0.6 is 0 Å². The summed E-state index contributed by atoms with van der Waals surface area (Å²) in [4.78, 5) is 0. The monoisotopic (exact) mass is 522 g/mol. The highest BCUT2D eigenvalue weighted by Gasteiger charge is 2.50. The van der Waals surface area contributed by atoms with Crippen molar-refractivity contribution in [3.05, 3.63) is 127 Å². The van der Waals surface area contributed by atoms with E-state index < -0.39 is 8.32 Å². The summed E-state index contributed by atoms with van der Waals surface area (Å²) >= 11 is 0. The van der Waals surface area contributed by atoms with E-state index in [1.807, 2.05) is 42.5 Å². The zero-order valence-corrected chi connectivity index (χ0v) is 23.8. The van der Waals surface area contributed by atoms with Crippen LogP contribution in [0.5, 0.6) is 11.5 Å². The van der Waals surface area contributed by atoms with Crippen molar-refractivity contribution in [2.45, 2.75) is 38.3 Å². The number of hydrogen-bond donors (Lipinski definition) is 0. The Morgan fingerprint density at radius 2 is 1.18 bits per heavy atom. The highest BCUT2D eigenvalue weighted by Crippen LogP contribution is 2.37. The number of hydrogen-bond acceptors (Lipinski definition) is 3. The Balaban J connectivity index is 1.61. The molecule has 0 aromatic heterocycles. The third-order valence-corrected chi connectivity index (χ3v) is 11.8. The summed E-state index contributed by atoms with van der Waals surface area (Å²) in [5.41, 5.74) is 1.14. The van der Waals surface area contributed by atoms with Gasteiger partial charge in [-0.3, -0.25) is 0 Å². The molecule has 3 nitrogen and oxygen atoms in total. The minimum absolute atomic E-state index is 0.0675. The molecule has 0 saturated heterocycles. The molecule has 0 unspecified atom stereocenters. The molecule has 4 aromatic rings. The minimum atomic E-state index is -2.60. The fourth-order valence-electron chi connectivity index (χ4n) is 4.90. The summed E-state index contributed by atoms with van der Waals surface area (Å²) in [7, 11) is -0.934. The van der Waals surface area contributed by atoms with Gasteiger partial charge in [0.05, 0.1) is 7.11 Å². The standard InChI is InChI=1S/C34H38O3Si/c1-34(2,3)38(32-16-10-6-11-17-32,33-18-12-7-13-19-33)36-27-26-31(21-20-28-14-8-5-9-15-28)37-30-24-22-29(35-4)23-25-30/h5-25,31H,26-27H2,1-4H3/b21-20+/t31-/m0/s1. The molecule has 0 spiro atoms. The van der Waals surface area contributed by atoms with Crippen molar-refractivity contribution in [1.29, 1.82) is 0 Å². The van der Waals surface area contributed by atoms with Gasteiger partial charge in [-0.2, -0.15) is 0 Å². The van der Waals surface area contributed by atoms with Gasteiger partial charge in [0.1, 0.15) is 17.6 Å². The van der Waals surface area contributed by atoms with Gasteiger partial charge in [0, 0.05) is 13.0 Å². The first-order valence-corrected chi connectivity index (χ1v) is 15.1. The average molecular weight is 523 g/mol. The van der Waals surface area contributed by atoms with Crippen LogP contribution in [0.25, 0.3) is 6.08 Å². The van der Waals surface area contributed by atoms with E-state index in [2.05, 4.69) is 106 Å². The largest absolute Gasteiger partial charge is 0.497 e. The maximum Gasteiger partial charge on any atom is 0.261 e. The lowest BCUT2D eigenvalue weighted by Gasteiger charge is -2.43. The van der Waals surface area contributed by atoms with Crippen molar-refractivity contribution in [2.24, 2.45) is 0 Å². The predicted octanol–water partition coefficient (Wildman–Crippen LogP) is 7.12. The topological polar surface area (TPSA) is 27.7 Å². The molecule has 1 atom stereocenters. The molecule has 0 bridgehead atoms. The molecule has 0 saturated carbocycles. The lowest BCUT2D eigenvalue weighted by atomic mass is 10.1. The molecule has 0 N–H and O–H groups in total. The van der Waals surface area contributed by atoms with Crippen molar-refractivity contribution >= 4 is 24.8 Å². The van der Waals surface area contributed by atoms with Crippen LogP contribution < -0.4 is 19.8 Å². The predicted molar refractivity (Wildman–Crippen MR) is 161 cm³/mol. The van der Waals surface area contributed by atoms with E-state index in [9.17, 15) is 0 Å². The fraction of sp³-hybridized carbons (Fsp3) is 0.235. The van der Waals surface area contributed by atoms with Crippen LogP contribution in [0, 0.1) is 0 Å². The second-order valence-corrected chi connectivity index (χ2v) is 14.7. The Hall–Kier alpha value is -3.60. The van der Waals surface area contributed by atoms with Crippen molar-refractivity contribution in [3.63, 3.8) is 0 Å². The molecule has 196 valence electrons. The van der Waals surface area contributed by atoms with E-state index in [-0.39, 0.29) is 11.1 Å². The first kappa shape index (κ1) is 27.4. The molecule has 0 aliphatic rings. The van der Waals surface area contributed by atoms with Gasteiger partial charge in [0.15, 0.2) is 0 Å². The van der Waals surface area contributed by atoms with Crippen molar-refractivity contribution in [1.82, 2.24) is 0 Å². The Kier molecular flexibility index (Phi) is 9.22. The van der Waals surface area contributed by atoms with E-state index in [1.165, 1.54) is 10.4 Å². The molecule has 0 aliphatic carbocycles. The number of rotatable bonds is 11. The Bertz CT molecular complexity index is 1220. The first-order valence-electron chi connectivity index (χ1n) is 13.2. The SMILES string of the molecule is COc1ccc(O[C@@H](/C=C/c2ccccc2)CCO[Si](c2ccccc2)(c2ccccc2)C(C)(C)C)cc1.